The number of rotatable bonds is 8. The molecule has 1 amide bonds. The minimum atomic E-state index is -0.480. The van der Waals surface area contributed by atoms with Crippen LogP contribution in [0.15, 0.2) is 54.6 Å². The van der Waals surface area contributed by atoms with E-state index in [-0.39, 0.29) is 17.3 Å². The van der Waals surface area contributed by atoms with Gasteiger partial charge in [-0.05, 0) is 24.6 Å². The molecule has 29 heavy (non-hydrogen) atoms. The monoisotopic (exact) mass is 412 g/mol. The first-order valence-electron chi connectivity index (χ1n) is 9.39. The predicted molar refractivity (Wildman–Crippen MR) is 113 cm³/mol. The third kappa shape index (κ3) is 4.81. The quantitative estimate of drug-likeness (QED) is 0.319. The van der Waals surface area contributed by atoms with Crippen molar-refractivity contribution in [3.8, 4) is 16.9 Å². The molecular weight excluding hydrogens is 392 g/mol. The van der Waals surface area contributed by atoms with Crippen LogP contribution in [0.25, 0.3) is 16.9 Å². The molecule has 0 saturated carbocycles. The van der Waals surface area contributed by atoms with E-state index in [4.69, 9.17) is 11.6 Å². The fraction of sp³-hybridized carbons (Fsp3) is 0.238. The highest BCUT2D eigenvalue weighted by molar-refractivity contribution is 6.33. The van der Waals surface area contributed by atoms with E-state index >= 15 is 0 Å². The van der Waals surface area contributed by atoms with E-state index in [1.54, 1.807) is 24.3 Å². The molecule has 7 nitrogen and oxygen atoms in total. The average molecular weight is 413 g/mol. The number of unbranched alkanes of at least 4 members (excludes halogenated alkanes) is 2. The van der Waals surface area contributed by atoms with Gasteiger partial charge in [0, 0.05) is 24.2 Å². The van der Waals surface area contributed by atoms with E-state index in [0.29, 0.717) is 28.5 Å². The molecule has 0 atom stereocenters. The van der Waals surface area contributed by atoms with Crippen LogP contribution < -0.4 is 5.32 Å². The van der Waals surface area contributed by atoms with Gasteiger partial charge in [0.2, 0.25) is 0 Å². The summed E-state index contributed by atoms with van der Waals surface area (Å²) in [6.45, 7) is 2.64. The number of carbonyl (C=O) groups excluding carboxylic acids is 1. The molecule has 0 saturated heterocycles. The molecule has 150 valence electrons. The lowest BCUT2D eigenvalue weighted by atomic mass is 10.1. The second-order valence-electron chi connectivity index (χ2n) is 6.55. The van der Waals surface area contributed by atoms with Crippen LogP contribution in [0.2, 0.25) is 5.02 Å². The highest BCUT2D eigenvalue weighted by Crippen LogP contribution is 2.28. The Bertz CT molecular complexity index is 1030. The van der Waals surface area contributed by atoms with E-state index < -0.39 is 4.92 Å². The minimum absolute atomic E-state index is 0.0772. The van der Waals surface area contributed by atoms with Crippen LogP contribution in [0.5, 0.6) is 0 Å². The zero-order valence-electron chi connectivity index (χ0n) is 16.0. The fourth-order valence-corrected chi connectivity index (χ4v) is 3.18. The Kier molecular flexibility index (Phi) is 6.61. The lowest BCUT2D eigenvalue weighted by Gasteiger charge is -2.08. The van der Waals surface area contributed by atoms with Crippen LogP contribution in [0.4, 0.5) is 5.69 Å². The number of carbonyl (C=O) groups is 1. The van der Waals surface area contributed by atoms with Gasteiger partial charge in [-0.3, -0.25) is 14.9 Å². The van der Waals surface area contributed by atoms with Crippen molar-refractivity contribution in [2.45, 2.75) is 26.2 Å². The van der Waals surface area contributed by atoms with Crippen LogP contribution in [-0.4, -0.2) is 27.2 Å². The zero-order chi connectivity index (χ0) is 20.8. The van der Waals surface area contributed by atoms with Crippen molar-refractivity contribution >= 4 is 23.2 Å². The summed E-state index contributed by atoms with van der Waals surface area (Å²) in [6, 6.07) is 14.9. The lowest BCUT2D eigenvalue weighted by molar-refractivity contribution is -0.384. The molecule has 2 aromatic carbocycles. The minimum Gasteiger partial charge on any atom is -0.351 e. The maximum Gasteiger partial charge on any atom is 0.271 e. The summed E-state index contributed by atoms with van der Waals surface area (Å²) in [4.78, 5) is 23.5. The van der Waals surface area contributed by atoms with Crippen molar-refractivity contribution in [1.29, 1.82) is 0 Å². The van der Waals surface area contributed by atoms with E-state index in [2.05, 4.69) is 17.3 Å². The summed E-state index contributed by atoms with van der Waals surface area (Å²) >= 11 is 6.29. The maximum atomic E-state index is 12.8. The Balaban J connectivity index is 2.03. The average Bonchev–Trinajstić information content (AvgIpc) is 3.17. The number of nitro groups is 1. The fourth-order valence-electron chi connectivity index (χ4n) is 2.95. The Hall–Kier alpha value is -3.19. The van der Waals surface area contributed by atoms with Crippen molar-refractivity contribution in [3.05, 3.63) is 75.4 Å². The van der Waals surface area contributed by atoms with Gasteiger partial charge in [-0.15, -0.1) is 0 Å². The van der Waals surface area contributed by atoms with Gasteiger partial charge in [-0.2, -0.15) is 5.10 Å². The number of nitro benzene ring substituents is 1. The van der Waals surface area contributed by atoms with E-state index in [9.17, 15) is 14.9 Å². The summed E-state index contributed by atoms with van der Waals surface area (Å²) in [5.41, 5.74) is 1.83. The van der Waals surface area contributed by atoms with Gasteiger partial charge < -0.3 is 5.32 Å². The second kappa shape index (κ2) is 9.34. The van der Waals surface area contributed by atoms with E-state index in [1.165, 1.54) is 16.8 Å². The van der Waals surface area contributed by atoms with Gasteiger partial charge in [-0.25, -0.2) is 4.68 Å². The van der Waals surface area contributed by atoms with Crippen molar-refractivity contribution in [3.63, 3.8) is 0 Å². The molecule has 1 N–H and O–H groups in total. The Labute approximate surface area is 173 Å². The molecule has 0 fully saturated rings. The third-order valence-corrected chi connectivity index (χ3v) is 4.77. The maximum absolute atomic E-state index is 12.8. The molecule has 3 rings (SSSR count). The summed E-state index contributed by atoms with van der Waals surface area (Å²) in [7, 11) is 0. The predicted octanol–water partition coefficient (Wildman–Crippen LogP) is 5.02. The number of amides is 1. The second-order valence-corrected chi connectivity index (χ2v) is 6.95. The third-order valence-electron chi connectivity index (χ3n) is 4.44. The van der Waals surface area contributed by atoms with Crippen LogP contribution in [-0.2, 0) is 0 Å². The molecule has 0 aliphatic rings. The Morgan fingerprint density at radius 1 is 1.17 bits per heavy atom. The van der Waals surface area contributed by atoms with Crippen LogP contribution in [0.3, 0.4) is 0 Å². The number of halogens is 1. The summed E-state index contributed by atoms with van der Waals surface area (Å²) in [6.07, 6.45) is 2.96. The highest BCUT2D eigenvalue weighted by Gasteiger charge is 2.19. The summed E-state index contributed by atoms with van der Waals surface area (Å²) in [5.74, 6) is -0.293. The smallest absolute Gasteiger partial charge is 0.271 e. The number of non-ortho nitro benzene ring substituents is 1. The number of benzene rings is 2. The lowest BCUT2D eigenvalue weighted by Crippen LogP contribution is -2.26. The number of aromatic nitrogens is 2. The molecular formula is C21H21ClN4O3. The Morgan fingerprint density at radius 2 is 1.97 bits per heavy atom. The first-order chi connectivity index (χ1) is 14.0. The number of hydrogen-bond acceptors (Lipinski definition) is 4. The molecule has 0 aliphatic carbocycles. The summed E-state index contributed by atoms with van der Waals surface area (Å²) < 4.78 is 1.42. The molecule has 1 heterocycles. The largest absolute Gasteiger partial charge is 0.351 e. The van der Waals surface area contributed by atoms with Crippen LogP contribution in [0, 0.1) is 10.1 Å². The van der Waals surface area contributed by atoms with Crippen molar-refractivity contribution in [1.82, 2.24) is 15.1 Å². The molecule has 3 aromatic rings. The highest BCUT2D eigenvalue weighted by atomic mass is 35.5. The SMILES string of the molecule is CCCCCNC(=O)c1cc(-c2ccccc2Cl)nn1-c1cccc([N+](=O)[O-])c1. The van der Waals surface area contributed by atoms with Gasteiger partial charge in [0.1, 0.15) is 5.69 Å². The van der Waals surface area contributed by atoms with Crippen LogP contribution in [0.1, 0.15) is 36.7 Å². The number of nitrogens with one attached hydrogen (secondary N) is 1. The Morgan fingerprint density at radius 3 is 2.69 bits per heavy atom. The molecule has 1 aromatic heterocycles. The van der Waals surface area contributed by atoms with Crippen molar-refractivity contribution in [2.75, 3.05) is 6.54 Å². The van der Waals surface area contributed by atoms with Crippen molar-refractivity contribution < 1.29 is 9.72 Å². The van der Waals surface area contributed by atoms with Gasteiger partial charge in [0.25, 0.3) is 11.6 Å². The topological polar surface area (TPSA) is 90.1 Å². The first kappa shape index (κ1) is 20.5. The van der Waals surface area contributed by atoms with E-state index in [0.717, 1.165) is 19.3 Å². The van der Waals surface area contributed by atoms with Gasteiger partial charge in [0.15, 0.2) is 0 Å². The standard InChI is InChI=1S/C21H21ClN4O3/c1-2-3-6-12-23-21(27)20-14-19(17-10-4-5-11-18(17)22)24-25(20)15-8-7-9-16(13-15)26(28)29/h4-5,7-11,13-14H,2-3,6,12H2,1H3,(H,23,27). The molecule has 8 heteroatoms. The first-order valence-corrected chi connectivity index (χ1v) is 9.77. The van der Waals surface area contributed by atoms with Crippen LogP contribution >= 0.6 is 11.6 Å². The molecule has 0 spiro atoms. The van der Waals surface area contributed by atoms with Crippen molar-refractivity contribution in [2.24, 2.45) is 0 Å². The molecule has 0 bridgehead atoms. The molecule has 0 radical (unpaired) electrons. The molecule has 0 unspecified atom stereocenters. The normalized spacial score (nSPS) is 10.7. The zero-order valence-corrected chi connectivity index (χ0v) is 16.7. The van der Waals surface area contributed by atoms with E-state index in [1.807, 2.05) is 18.2 Å². The molecule has 0 aliphatic heterocycles. The number of hydrogen-bond donors (Lipinski definition) is 1. The van der Waals surface area contributed by atoms with Gasteiger partial charge in [-0.1, -0.05) is 55.6 Å². The van der Waals surface area contributed by atoms with Gasteiger partial charge in [0.05, 0.1) is 21.3 Å². The number of nitrogens with zero attached hydrogens (tertiary/aromatic N) is 3. The summed E-state index contributed by atoms with van der Waals surface area (Å²) in [5, 5.41) is 19.1. The van der Waals surface area contributed by atoms with Gasteiger partial charge >= 0.3 is 0 Å².